The highest BCUT2D eigenvalue weighted by molar-refractivity contribution is 4.90. The molecule has 0 aromatic rings. The lowest BCUT2D eigenvalue weighted by Crippen LogP contribution is -2.52. The minimum Gasteiger partial charge on any atom is -0.391 e. The Balaban J connectivity index is 2.02. The summed E-state index contributed by atoms with van der Waals surface area (Å²) in [4.78, 5) is 2.65. The van der Waals surface area contributed by atoms with Crippen molar-refractivity contribution in [1.82, 2.24) is 4.90 Å². The van der Waals surface area contributed by atoms with Crippen LogP contribution < -0.4 is 0 Å². The van der Waals surface area contributed by atoms with Gasteiger partial charge in [0.25, 0.3) is 0 Å². The van der Waals surface area contributed by atoms with E-state index in [1.165, 1.54) is 44.9 Å². The van der Waals surface area contributed by atoms with Crippen molar-refractivity contribution in [1.29, 1.82) is 0 Å². The van der Waals surface area contributed by atoms with Crippen LogP contribution in [-0.4, -0.2) is 34.7 Å². The molecule has 2 rings (SSSR count). The van der Waals surface area contributed by atoms with Crippen LogP contribution in [0.1, 0.15) is 72.1 Å². The molecule has 0 bridgehead atoms. The van der Waals surface area contributed by atoms with Crippen LogP contribution in [0, 0.1) is 11.8 Å². The zero-order chi connectivity index (χ0) is 13.8. The average molecular weight is 267 g/mol. The number of hydrogen-bond acceptors (Lipinski definition) is 2. The lowest BCUT2D eigenvalue weighted by atomic mass is 9.76. The van der Waals surface area contributed by atoms with Gasteiger partial charge in [-0.3, -0.25) is 4.90 Å². The van der Waals surface area contributed by atoms with E-state index >= 15 is 0 Å². The van der Waals surface area contributed by atoms with Crippen LogP contribution in [0.25, 0.3) is 0 Å². The molecule has 0 aromatic heterocycles. The Morgan fingerprint density at radius 3 is 2.32 bits per heavy atom. The van der Waals surface area contributed by atoms with Gasteiger partial charge in [-0.1, -0.05) is 40.0 Å². The molecule has 112 valence electrons. The van der Waals surface area contributed by atoms with Crippen molar-refractivity contribution in [2.45, 2.75) is 90.3 Å². The molecule has 2 nitrogen and oxygen atoms in total. The number of likely N-dealkylation sites (N-methyl/N-ethyl adjacent to an activating group) is 1. The van der Waals surface area contributed by atoms with Crippen LogP contribution in [0.2, 0.25) is 0 Å². The van der Waals surface area contributed by atoms with E-state index in [0.29, 0.717) is 6.04 Å². The summed E-state index contributed by atoms with van der Waals surface area (Å²) in [6, 6.07) is 1.17. The molecular formula is C17H33NO. The minimum atomic E-state index is -0.0862. The van der Waals surface area contributed by atoms with E-state index in [1.54, 1.807) is 0 Å². The summed E-state index contributed by atoms with van der Waals surface area (Å²) in [6.45, 7) is 8.07. The number of hydrogen-bond donors (Lipinski definition) is 1. The molecule has 0 aromatic carbocycles. The highest BCUT2D eigenvalue weighted by atomic mass is 16.3. The van der Waals surface area contributed by atoms with Crippen LogP contribution in [-0.2, 0) is 0 Å². The summed E-state index contributed by atoms with van der Waals surface area (Å²) in [7, 11) is 0. The SMILES string of the molecule is CCN(C1CCCCC1)C1CC(C(C)C)CCC1O. The highest BCUT2D eigenvalue weighted by Crippen LogP contribution is 2.35. The molecule has 0 amide bonds. The Morgan fingerprint density at radius 2 is 1.74 bits per heavy atom. The molecule has 0 heterocycles. The van der Waals surface area contributed by atoms with Gasteiger partial charge in [-0.2, -0.15) is 0 Å². The lowest BCUT2D eigenvalue weighted by Gasteiger charge is -2.45. The third kappa shape index (κ3) is 3.72. The quantitative estimate of drug-likeness (QED) is 0.837. The monoisotopic (exact) mass is 267 g/mol. The molecule has 3 unspecified atom stereocenters. The summed E-state index contributed by atoms with van der Waals surface area (Å²) in [5, 5.41) is 10.5. The van der Waals surface area contributed by atoms with Gasteiger partial charge in [0.05, 0.1) is 6.10 Å². The Morgan fingerprint density at radius 1 is 1.05 bits per heavy atom. The van der Waals surface area contributed by atoms with E-state index in [9.17, 15) is 5.11 Å². The minimum absolute atomic E-state index is 0.0862. The maximum atomic E-state index is 10.5. The third-order valence-corrected chi connectivity index (χ3v) is 5.60. The molecule has 0 saturated heterocycles. The Hall–Kier alpha value is -0.0800. The Kier molecular flexibility index (Phi) is 5.70. The van der Waals surface area contributed by atoms with Crippen LogP contribution in [0.5, 0.6) is 0 Å². The fourth-order valence-corrected chi connectivity index (χ4v) is 4.30. The molecule has 2 aliphatic rings. The molecule has 19 heavy (non-hydrogen) atoms. The normalized spacial score (nSPS) is 34.1. The largest absolute Gasteiger partial charge is 0.391 e. The van der Waals surface area contributed by atoms with Crippen LogP contribution in [0.4, 0.5) is 0 Å². The average Bonchev–Trinajstić information content (AvgIpc) is 2.42. The first kappa shape index (κ1) is 15.3. The second kappa shape index (κ2) is 7.08. The van der Waals surface area contributed by atoms with Gasteiger partial charge in [0.1, 0.15) is 0 Å². The van der Waals surface area contributed by atoms with E-state index in [0.717, 1.165) is 30.8 Å². The maximum absolute atomic E-state index is 10.5. The van der Waals surface area contributed by atoms with Gasteiger partial charge in [0, 0.05) is 12.1 Å². The highest BCUT2D eigenvalue weighted by Gasteiger charge is 2.36. The Labute approximate surface area is 119 Å². The van der Waals surface area contributed by atoms with E-state index in [4.69, 9.17) is 0 Å². The summed E-state index contributed by atoms with van der Waals surface area (Å²) >= 11 is 0. The molecule has 1 N–H and O–H groups in total. The molecule has 0 radical (unpaired) electrons. The zero-order valence-electron chi connectivity index (χ0n) is 13.1. The first-order valence-corrected chi connectivity index (χ1v) is 8.57. The fourth-order valence-electron chi connectivity index (χ4n) is 4.30. The zero-order valence-corrected chi connectivity index (χ0v) is 13.1. The summed E-state index contributed by atoms with van der Waals surface area (Å²) in [6.07, 6.45) is 10.2. The van der Waals surface area contributed by atoms with Gasteiger partial charge >= 0.3 is 0 Å². The Bertz CT molecular complexity index is 260. The van der Waals surface area contributed by atoms with E-state index in [1.807, 2.05) is 0 Å². The first-order valence-electron chi connectivity index (χ1n) is 8.57. The van der Waals surface area contributed by atoms with Gasteiger partial charge in [-0.15, -0.1) is 0 Å². The summed E-state index contributed by atoms with van der Waals surface area (Å²) in [5.41, 5.74) is 0. The van der Waals surface area contributed by atoms with Gasteiger partial charge in [-0.25, -0.2) is 0 Å². The van der Waals surface area contributed by atoms with Crippen LogP contribution in [0.3, 0.4) is 0 Å². The fraction of sp³-hybridized carbons (Fsp3) is 1.00. The van der Waals surface area contributed by atoms with E-state index < -0.39 is 0 Å². The maximum Gasteiger partial charge on any atom is 0.0695 e. The molecule has 2 heteroatoms. The van der Waals surface area contributed by atoms with Crippen LogP contribution >= 0.6 is 0 Å². The predicted molar refractivity (Wildman–Crippen MR) is 81.2 cm³/mol. The van der Waals surface area contributed by atoms with Crippen molar-refractivity contribution in [3.05, 3.63) is 0 Å². The van der Waals surface area contributed by atoms with Crippen molar-refractivity contribution < 1.29 is 5.11 Å². The molecule has 0 aliphatic heterocycles. The van der Waals surface area contributed by atoms with Gasteiger partial charge in [0.15, 0.2) is 0 Å². The second-order valence-electron chi connectivity index (χ2n) is 7.07. The molecule has 3 atom stereocenters. The first-order chi connectivity index (χ1) is 9.13. The summed E-state index contributed by atoms with van der Waals surface area (Å²) < 4.78 is 0. The lowest BCUT2D eigenvalue weighted by molar-refractivity contribution is -0.0272. The van der Waals surface area contributed by atoms with Crippen molar-refractivity contribution in [3.63, 3.8) is 0 Å². The second-order valence-corrected chi connectivity index (χ2v) is 7.07. The van der Waals surface area contributed by atoms with E-state index in [2.05, 4.69) is 25.7 Å². The molecular weight excluding hydrogens is 234 g/mol. The third-order valence-electron chi connectivity index (χ3n) is 5.60. The summed E-state index contributed by atoms with van der Waals surface area (Å²) in [5.74, 6) is 1.58. The van der Waals surface area contributed by atoms with Crippen LogP contribution in [0.15, 0.2) is 0 Å². The number of aliphatic hydroxyl groups is 1. The standard InChI is InChI=1S/C17H33NO/c1-4-18(15-8-6-5-7-9-15)16-12-14(13(2)3)10-11-17(16)19/h13-17,19H,4-12H2,1-3H3. The van der Waals surface area contributed by atoms with Gasteiger partial charge in [-0.05, 0) is 50.5 Å². The van der Waals surface area contributed by atoms with Gasteiger partial charge < -0.3 is 5.11 Å². The van der Waals surface area contributed by atoms with Gasteiger partial charge in [0.2, 0.25) is 0 Å². The van der Waals surface area contributed by atoms with E-state index in [-0.39, 0.29) is 6.10 Å². The smallest absolute Gasteiger partial charge is 0.0695 e. The molecule has 2 saturated carbocycles. The molecule has 0 spiro atoms. The molecule has 2 aliphatic carbocycles. The van der Waals surface area contributed by atoms with Crippen molar-refractivity contribution in [3.8, 4) is 0 Å². The number of aliphatic hydroxyl groups excluding tert-OH is 1. The topological polar surface area (TPSA) is 23.5 Å². The predicted octanol–water partition coefficient (Wildman–Crippen LogP) is 3.83. The molecule has 2 fully saturated rings. The van der Waals surface area contributed by atoms with Crippen molar-refractivity contribution in [2.75, 3.05) is 6.54 Å². The number of nitrogens with zero attached hydrogens (tertiary/aromatic N) is 1. The van der Waals surface area contributed by atoms with Crippen molar-refractivity contribution in [2.24, 2.45) is 11.8 Å². The van der Waals surface area contributed by atoms with Crippen molar-refractivity contribution >= 4 is 0 Å². The number of rotatable bonds is 4.